The van der Waals surface area contributed by atoms with Crippen molar-refractivity contribution in [2.24, 2.45) is 12.0 Å². The molecule has 6 heteroatoms. The maximum atomic E-state index is 4.40. The summed E-state index contributed by atoms with van der Waals surface area (Å²) in [7, 11) is 5.94. The predicted molar refractivity (Wildman–Crippen MR) is 108 cm³/mol. The molecule has 0 aliphatic carbocycles. The van der Waals surface area contributed by atoms with Crippen LogP contribution in [0.3, 0.4) is 0 Å². The molecule has 0 fully saturated rings. The Kier molecular flexibility index (Phi) is 5.48. The van der Waals surface area contributed by atoms with Gasteiger partial charge in [-0.05, 0) is 40.0 Å². The predicted octanol–water partition coefficient (Wildman–Crippen LogP) is 3.52. The van der Waals surface area contributed by atoms with Crippen molar-refractivity contribution in [3.8, 4) is 0 Å². The van der Waals surface area contributed by atoms with E-state index in [1.54, 1.807) is 0 Å². The number of H-pyrrole nitrogens is 1. The molecular weight excluding hydrogens is 378 g/mol. The Balaban J connectivity index is 1.58. The summed E-state index contributed by atoms with van der Waals surface area (Å²) < 4.78 is 3.22. The van der Waals surface area contributed by atoms with Crippen LogP contribution < -0.4 is 5.32 Å². The number of para-hydroxylation sites is 1. The van der Waals surface area contributed by atoms with Crippen molar-refractivity contribution in [3.63, 3.8) is 0 Å². The molecule has 2 aromatic heterocycles. The van der Waals surface area contributed by atoms with Crippen molar-refractivity contribution in [3.05, 3.63) is 58.5 Å². The van der Waals surface area contributed by atoms with Crippen molar-refractivity contribution < 1.29 is 0 Å². The number of hydrogen-bond acceptors (Lipinski definition) is 1. The largest absolute Gasteiger partial charge is 0.361 e. The lowest BCUT2D eigenvalue weighted by molar-refractivity contribution is 0.462. The van der Waals surface area contributed by atoms with Gasteiger partial charge in [0.1, 0.15) is 0 Å². The minimum absolute atomic E-state index is 0.800. The molecule has 0 aliphatic rings. The molecule has 132 valence electrons. The van der Waals surface area contributed by atoms with E-state index in [2.05, 4.69) is 97.5 Å². The number of nitrogens with one attached hydrogen (secondary N) is 2. The van der Waals surface area contributed by atoms with Gasteiger partial charge in [0.2, 0.25) is 0 Å². The van der Waals surface area contributed by atoms with E-state index < -0.39 is 0 Å². The molecule has 0 saturated heterocycles. The fourth-order valence-electron chi connectivity index (χ4n) is 3.07. The van der Waals surface area contributed by atoms with Gasteiger partial charge in [0.25, 0.3) is 0 Å². The Labute approximate surface area is 156 Å². The van der Waals surface area contributed by atoms with E-state index in [4.69, 9.17) is 0 Å². The lowest BCUT2D eigenvalue weighted by Gasteiger charge is -2.22. The highest BCUT2D eigenvalue weighted by atomic mass is 79.9. The number of aliphatic imine (C=N–C) groups is 1. The van der Waals surface area contributed by atoms with E-state index in [9.17, 15) is 0 Å². The first-order valence-corrected chi connectivity index (χ1v) is 9.15. The van der Waals surface area contributed by atoms with Crippen molar-refractivity contribution in [1.82, 2.24) is 19.8 Å². The molecule has 0 aliphatic heterocycles. The third kappa shape index (κ3) is 4.07. The topological polar surface area (TPSA) is 48.4 Å². The van der Waals surface area contributed by atoms with Crippen LogP contribution in [0.25, 0.3) is 10.9 Å². The van der Waals surface area contributed by atoms with Gasteiger partial charge in [-0.25, -0.2) is 0 Å². The van der Waals surface area contributed by atoms with Crippen molar-refractivity contribution in [1.29, 1.82) is 0 Å². The minimum Gasteiger partial charge on any atom is -0.361 e. The van der Waals surface area contributed by atoms with Gasteiger partial charge in [0.15, 0.2) is 5.96 Å². The van der Waals surface area contributed by atoms with E-state index in [0.717, 1.165) is 29.9 Å². The second-order valence-electron chi connectivity index (χ2n) is 6.20. The molecule has 0 atom stereocenters. The summed E-state index contributed by atoms with van der Waals surface area (Å²) in [5.74, 6) is 0.900. The number of rotatable bonds is 5. The number of halogens is 1. The molecule has 0 unspecified atom stereocenters. The van der Waals surface area contributed by atoms with Crippen LogP contribution in [0.4, 0.5) is 0 Å². The Morgan fingerprint density at radius 2 is 2.16 bits per heavy atom. The molecule has 2 N–H and O–H groups in total. The summed E-state index contributed by atoms with van der Waals surface area (Å²) in [6, 6.07) is 10.5. The number of benzene rings is 1. The normalized spacial score (nSPS) is 11.9. The van der Waals surface area contributed by atoms with E-state index in [-0.39, 0.29) is 0 Å². The molecule has 0 radical (unpaired) electrons. The first-order chi connectivity index (χ1) is 12.1. The van der Waals surface area contributed by atoms with Crippen LogP contribution in [0.1, 0.15) is 11.3 Å². The van der Waals surface area contributed by atoms with Crippen molar-refractivity contribution in [2.75, 3.05) is 20.6 Å². The molecule has 25 heavy (non-hydrogen) atoms. The third-order valence-corrected chi connectivity index (χ3v) is 4.83. The molecule has 2 heterocycles. The average Bonchev–Trinajstić information content (AvgIpc) is 3.14. The Morgan fingerprint density at radius 3 is 2.88 bits per heavy atom. The summed E-state index contributed by atoms with van der Waals surface area (Å²) in [6.07, 6.45) is 5.11. The molecule has 1 aromatic carbocycles. The smallest absolute Gasteiger partial charge is 0.193 e. The van der Waals surface area contributed by atoms with E-state index in [1.807, 2.05) is 7.05 Å². The quantitative estimate of drug-likeness (QED) is 0.507. The van der Waals surface area contributed by atoms with Gasteiger partial charge in [-0.3, -0.25) is 4.99 Å². The number of hydrogen-bond donors (Lipinski definition) is 2. The van der Waals surface area contributed by atoms with Gasteiger partial charge in [-0.15, -0.1) is 0 Å². The highest BCUT2D eigenvalue weighted by Crippen LogP contribution is 2.18. The standard InChI is InChI=1S/C19H24BrN5/c1-21-19(25(3)13-16-10-15(20)12-24(16)2)22-9-8-14-11-23-18-7-5-4-6-17(14)18/h4-7,10-12,23H,8-9,13H2,1-3H3,(H,21,22). The van der Waals surface area contributed by atoms with Gasteiger partial charge < -0.3 is 19.8 Å². The highest BCUT2D eigenvalue weighted by Gasteiger charge is 2.10. The summed E-state index contributed by atoms with van der Waals surface area (Å²) >= 11 is 3.52. The number of aromatic amines is 1. The number of guanidine groups is 1. The SMILES string of the molecule is CN=C(NCCc1c[nH]c2ccccc12)N(C)Cc1cc(Br)cn1C. The zero-order chi connectivity index (χ0) is 17.8. The van der Waals surface area contributed by atoms with Gasteiger partial charge in [-0.2, -0.15) is 0 Å². The Morgan fingerprint density at radius 1 is 1.36 bits per heavy atom. The molecule has 0 amide bonds. The fraction of sp³-hybridized carbons (Fsp3) is 0.316. The van der Waals surface area contributed by atoms with Crippen LogP contribution >= 0.6 is 15.9 Å². The lowest BCUT2D eigenvalue weighted by Crippen LogP contribution is -2.39. The molecular formula is C19H24BrN5. The summed E-state index contributed by atoms with van der Waals surface area (Å²) in [5.41, 5.74) is 3.75. The fourth-order valence-corrected chi connectivity index (χ4v) is 3.64. The van der Waals surface area contributed by atoms with Gasteiger partial charge >= 0.3 is 0 Å². The summed E-state index contributed by atoms with van der Waals surface area (Å²) in [6.45, 7) is 1.64. The number of aryl methyl sites for hydroxylation is 1. The van der Waals surface area contributed by atoms with Crippen LogP contribution in [0.5, 0.6) is 0 Å². The van der Waals surface area contributed by atoms with Crippen LogP contribution in [-0.2, 0) is 20.0 Å². The molecule has 3 rings (SSSR count). The van der Waals surface area contributed by atoms with Crippen LogP contribution in [0.2, 0.25) is 0 Å². The molecule has 0 bridgehead atoms. The first kappa shape index (κ1) is 17.6. The number of aromatic nitrogens is 2. The van der Waals surface area contributed by atoms with Crippen molar-refractivity contribution in [2.45, 2.75) is 13.0 Å². The average molecular weight is 402 g/mol. The van der Waals surface area contributed by atoms with Gasteiger partial charge in [-0.1, -0.05) is 18.2 Å². The van der Waals surface area contributed by atoms with E-state index in [0.29, 0.717) is 0 Å². The summed E-state index contributed by atoms with van der Waals surface area (Å²) in [5, 5.41) is 4.75. The molecule has 5 nitrogen and oxygen atoms in total. The molecule has 3 aromatic rings. The zero-order valence-corrected chi connectivity index (χ0v) is 16.5. The number of fused-ring (bicyclic) bond motifs is 1. The van der Waals surface area contributed by atoms with Crippen LogP contribution in [-0.4, -0.2) is 41.1 Å². The first-order valence-electron chi connectivity index (χ1n) is 8.36. The van der Waals surface area contributed by atoms with Gasteiger partial charge in [0, 0.05) is 61.2 Å². The Bertz CT molecular complexity index is 877. The third-order valence-electron chi connectivity index (χ3n) is 4.40. The second-order valence-corrected chi connectivity index (χ2v) is 7.12. The minimum atomic E-state index is 0.800. The maximum absolute atomic E-state index is 4.40. The molecule has 0 saturated carbocycles. The zero-order valence-electron chi connectivity index (χ0n) is 14.9. The van der Waals surface area contributed by atoms with Crippen LogP contribution in [0.15, 0.2) is 52.2 Å². The maximum Gasteiger partial charge on any atom is 0.193 e. The Hall–Kier alpha value is -2.21. The number of nitrogens with zero attached hydrogens (tertiary/aromatic N) is 3. The lowest BCUT2D eigenvalue weighted by atomic mass is 10.1. The van der Waals surface area contributed by atoms with E-state index >= 15 is 0 Å². The van der Waals surface area contributed by atoms with E-state index in [1.165, 1.54) is 22.2 Å². The van der Waals surface area contributed by atoms with Crippen molar-refractivity contribution >= 4 is 32.8 Å². The summed E-state index contributed by atoms with van der Waals surface area (Å²) in [4.78, 5) is 9.87. The molecule has 0 spiro atoms. The highest BCUT2D eigenvalue weighted by molar-refractivity contribution is 9.10. The van der Waals surface area contributed by atoms with Crippen LogP contribution in [0, 0.1) is 0 Å². The van der Waals surface area contributed by atoms with Gasteiger partial charge in [0.05, 0.1) is 6.54 Å². The monoisotopic (exact) mass is 401 g/mol. The second kappa shape index (κ2) is 7.78.